The summed E-state index contributed by atoms with van der Waals surface area (Å²) >= 11 is 0. The maximum atomic E-state index is 13.2. The summed E-state index contributed by atoms with van der Waals surface area (Å²) in [4.78, 5) is 77.0. The van der Waals surface area contributed by atoms with Gasteiger partial charge >= 0.3 is 5.97 Å². The van der Waals surface area contributed by atoms with Crippen LogP contribution < -0.4 is 37.6 Å². The molecule has 5 aliphatic rings. The van der Waals surface area contributed by atoms with Gasteiger partial charge in [-0.2, -0.15) is 4.31 Å². The van der Waals surface area contributed by atoms with Gasteiger partial charge in [-0.1, -0.05) is 18.2 Å². The molecule has 19 heteroatoms. The van der Waals surface area contributed by atoms with E-state index in [0.717, 1.165) is 23.6 Å². The maximum Gasteiger partial charge on any atom is 0.328 e. The number of carbonyl (C=O) groups excluding carboxylic acids is 5. The van der Waals surface area contributed by atoms with Gasteiger partial charge in [-0.3, -0.25) is 29.4 Å². The van der Waals surface area contributed by atoms with E-state index < -0.39 is 64.8 Å². The van der Waals surface area contributed by atoms with Crippen LogP contribution in [0.3, 0.4) is 0 Å². The van der Waals surface area contributed by atoms with Crippen LogP contribution in [0.1, 0.15) is 74.6 Å². The summed E-state index contributed by atoms with van der Waals surface area (Å²) in [6.45, 7) is -0.722. The third-order valence-corrected chi connectivity index (χ3v) is 13.5. The molecule has 0 spiro atoms. The highest BCUT2D eigenvalue weighted by Crippen LogP contribution is 2.60. The van der Waals surface area contributed by atoms with E-state index in [4.69, 9.17) is 11.1 Å². The molecule has 4 saturated carbocycles. The molecule has 18 nitrogen and oxygen atoms in total. The van der Waals surface area contributed by atoms with E-state index in [2.05, 4.69) is 31.9 Å². The summed E-state index contributed by atoms with van der Waals surface area (Å²) in [7, 11) is -4.02. The first-order valence-corrected chi connectivity index (χ1v) is 21.0. The number of hydrogen-bond acceptors (Lipinski definition) is 9. The second kappa shape index (κ2) is 17.9. The van der Waals surface area contributed by atoms with Crippen LogP contribution in [-0.4, -0.2) is 97.6 Å². The number of nitrogens with two attached hydrogens (primary N) is 1. The van der Waals surface area contributed by atoms with Crippen LogP contribution in [-0.2, 0) is 34.0 Å². The minimum atomic E-state index is -4.02. The molecule has 5 fully saturated rings. The Hall–Kier alpha value is -5.56. The highest BCUT2D eigenvalue weighted by Gasteiger charge is 2.54. The Morgan fingerprint density at radius 3 is 2.14 bits per heavy atom. The summed E-state index contributed by atoms with van der Waals surface area (Å²) in [6.07, 6.45) is 7.64. The Balaban J connectivity index is 0.967. The number of aliphatic carboxylic acids is 1. The van der Waals surface area contributed by atoms with E-state index >= 15 is 0 Å². The van der Waals surface area contributed by atoms with Crippen molar-refractivity contribution in [3.05, 3.63) is 54.1 Å². The molecule has 10 N–H and O–H groups in total. The van der Waals surface area contributed by atoms with E-state index in [-0.39, 0.29) is 58.4 Å². The number of sulfonamides is 1. The summed E-state index contributed by atoms with van der Waals surface area (Å²) in [5.74, 6) is -2.60. The number of amides is 5. The highest BCUT2D eigenvalue weighted by molar-refractivity contribution is 7.89. The molecule has 4 bridgehead atoms. The number of hydrogen-bond donors (Lipinski definition) is 9. The van der Waals surface area contributed by atoms with Gasteiger partial charge in [0.2, 0.25) is 33.7 Å². The molecule has 58 heavy (non-hydrogen) atoms. The lowest BCUT2D eigenvalue weighted by Crippen LogP contribution is -2.54. The Kier molecular flexibility index (Phi) is 13.0. The summed E-state index contributed by atoms with van der Waals surface area (Å²) in [5.41, 5.74) is 5.64. The van der Waals surface area contributed by atoms with E-state index in [0.29, 0.717) is 37.1 Å². The van der Waals surface area contributed by atoms with E-state index in [1.54, 1.807) is 18.2 Å². The quantitative estimate of drug-likeness (QED) is 0.0623. The molecule has 4 aliphatic carbocycles. The number of guanidine groups is 1. The molecule has 312 valence electrons. The second-order valence-electron chi connectivity index (χ2n) is 15.9. The topological polar surface area (TPSA) is 282 Å². The van der Waals surface area contributed by atoms with Gasteiger partial charge in [0, 0.05) is 48.4 Å². The molecule has 7 rings (SSSR count). The monoisotopic (exact) mass is 821 g/mol. The largest absolute Gasteiger partial charge is 0.480 e. The first kappa shape index (κ1) is 42.1. The summed E-state index contributed by atoms with van der Waals surface area (Å²) < 4.78 is 27.4. The average Bonchev–Trinajstić information content (AvgIpc) is 3.68. The van der Waals surface area contributed by atoms with Crippen LogP contribution in [0.15, 0.2) is 53.4 Å². The van der Waals surface area contributed by atoms with Gasteiger partial charge in [0.15, 0.2) is 5.96 Å². The van der Waals surface area contributed by atoms with Gasteiger partial charge in [-0.15, -0.1) is 0 Å². The van der Waals surface area contributed by atoms with Gasteiger partial charge in [0.05, 0.1) is 11.4 Å². The first-order valence-electron chi connectivity index (χ1n) is 19.6. The fraction of sp³-hybridized carbons (Fsp3) is 0.513. The van der Waals surface area contributed by atoms with Gasteiger partial charge in [-0.25, -0.2) is 13.2 Å². The molecule has 1 saturated heterocycles. The third-order valence-electron chi connectivity index (χ3n) is 11.5. The van der Waals surface area contributed by atoms with Crippen molar-refractivity contribution in [3.63, 3.8) is 0 Å². The van der Waals surface area contributed by atoms with Crippen LogP contribution in [0.25, 0.3) is 0 Å². The van der Waals surface area contributed by atoms with Crippen LogP contribution >= 0.6 is 0 Å². The Labute approximate surface area is 336 Å². The number of benzene rings is 2. The minimum Gasteiger partial charge on any atom is -0.480 e. The number of carbonyl (C=O) groups is 6. The number of nitrogens with zero attached hydrogens (tertiary/aromatic N) is 1. The average molecular weight is 822 g/mol. The fourth-order valence-electron chi connectivity index (χ4n) is 9.34. The van der Waals surface area contributed by atoms with Crippen molar-refractivity contribution >= 4 is 62.9 Å². The number of anilines is 2. The number of nitrogens with one attached hydrogen (secondary N) is 7. The zero-order chi connectivity index (χ0) is 41.6. The van der Waals surface area contributed by atoms with E-state index in [1.165, 1.54) is 49.6 Å². The molecule has 1 heterocycles. The molecule has 0 aromatic heterocycles. The van der Waals surface area contributed by atoms with Crippen LogP contribution in [0.4, 0.5) is 11.4 Å². The molecule has 2 aromatic carbocycles. The van der Waals surface area contributed by atoms with Crippen molar-refractivity contribution < 1.29 is 42.3 Å². The predicted molar refractivity (Wildman–Crippen MR) is 212 cm³/mol. The molecule has 2 aromatic rings. The lowest BCUT2D eigenvalue weighted by Gasteiger charge is -2.55. The van der Waals surface area contributed by atoms with Crippen molar-refractivity contribution in [2.24, 2.45) is 28.9 Å². The summed E-state index contributed by atoms with van der Waals surface area (Å²) in [6, 6.07) is 9.01. The van der Waals surface area contributed by atoms with Gasteiger partial charge in [0.1, 0.15) is 12.1 Å². The molecular formula is C39H51N9O9S. The van der Waals surface area contributed by atoms with Crippen molar-refractivity contribution in [3.8, 4) is 0 Å². The predicted octanol–water partition coefficient (Wildman–Crippen LogP) is 1.31. The molecule has 5 amide bonds. The normalized spacial score (nSPS) is 23.9. The SMILES string of the molecule is N=C(N)Nc1cc(NC(=O)CCCNC(=O)C23CC4CC(CC(C4)C2)C3)cc(C(=O)NCC(=O)NCC(NC(=O)C2CCCN2S(=O)(=O)c2ccccc2)C(=O)O)c1. The second-order valence-corrected chi connectivity index (χ2v) is 17.8. The molecule has 1 aliphatic heterocycles. The van der Waals surface area contributed by atoms with Crippen molar-refractivity contribution in [1.82, 2.24) is 25.6 Å². The zero-order valence-corrected chi connectivity index (χ0v) is 32.9. The fourth-order valence-corrected chi connectivity index (χ4v) is 11.0. The number of carboxylic acid groups (broad SMARTS) is 1. The van der Waals surface area contributed by atoms with Gasteiger partial charge in [0.25, 0.3) is 5.91 Å². The molecular weight excluding hydrogens is 771 g/mol. The van der Waals surface area contributed by atoms with Crippen molar-refractivity contribution in [2.45, 2.75) is 81.2 Å². The van der Waals surface area contributed by atoms with E-state index in [1.807, 2.05) is 0 Å². The minimum absolute atomic E-state index is 0.000523. The van der Waals surface area contributed by atoms with Crippen molar-refractivity contribution in [1.29, 1.82) is 5.41 Å². The summed E-state index contributed by atoms with van der Waals surface area (Å²) in [5, 5.41) is 32.8. The van der Waals surface area contributed by atoms with Gasteiger partial charge < -0.3 is 42.7 Å². The lowest BCUT2D eigenvalue weighted by molar-refractivity contribution is -0.146. The van der Waals surface area contributed by atoms with E-state index in [9.17, 15) is 42.3 Å². The lowest BCUT2D eigenvalue weighted by atomic mass is 9.49. The maximum absolute atomic E-state index is 13.2. The van der Waals surface area contributed by atoms with Crippen LogP contribution in [0.5, 0.6) is 0 Å². The molecule has 2 atom stereocenters. The standard InChI is InChI=1S/C39H51N9O9S/c40-38(41)46-28-16-26(15-27(17-28)45-32(49)9-4-10-42-37(55)39-18-23-12-24(19-39)14-25(13-23)20-39)34(51)44-22-33(50)43-21-30(36(53)54)47-35(52)31-8-5-11-48(31)58(56,57)29-6-2-1-3-7-29/h1-3,6-7,15-17,23-25,30-31H,4-5,8-14,18-22H2,(H,42,55)(H,43,50)(H,44,51)(H,45,49)(H,47,52)(H,53,54)(H4,40,41,46). The van der Waals surface area contributed by atoms with Gasteiger partial charge in [-0.05, 0) is 106 Å². The smallest absolute Gasteiger partial charge is 0.328 e. The van der Waals surface area contributed by atoms with Crippen molar-refractivity contribution in [2.75, 3.05) is 36.8 Å². The number of carboxylic acids is 1. The number of rotatable bonds is 17. The Morgan fingerprint density at radius 2 is 1.52 bits per heavy atom. The first-order chi connectivity index (χ1) is 27.6. The van der Waals surface area contributed by atoms with Crippen LogP contribution in [0, 0.1) is 28.6 Å². The zero-order valence-electron chi connectivity index (χ0n) is 32.1. The Bertz CT molecular complexity index is 2010. The van der Waals surface area contributed by atoms with Crippen LogP contribution in [0.2, 0.25) is 0 Å². The molecule has 0 radical (unpaired) electrons. The Morgan fingerprint density at radius 1 is 0.879 bits per heavy atom. The third kappa shape index (κ3) is 10.1. The molecule has 2 unspecified atom stereocenters. The highest BCUT2D eigenvalue weighted by atomic mass is 32.2.